The van der Waals surface area contributed by atoms with Gasteiger partial charge in [-0.3, -0.25) is 4.68 Å². The number of ether oxygens (including phenoxy) is 1. The molecule has 82 valence electrons. The number of hydrogen-bond acceptors (Lipinski definition) is 4. The lowest BCUT2D eigenvalue weighted by atomic mass is 10.1. The maximum absolute atomic E-state index is 11.2. The standard InChI is InChI=1S/C10H15N3O2/c1-15-10(14)9-4-7-13(12-9)8-2-5-11-6-3-8/h4,7-8,11H,2-3,5-6H2,1H3. The predicted molar refractivity (Wildman–Crippen MR) is 54.7 cm³/mol. The summed E-state index contributed by atoms with van der Waals surface area (Å²) in [5, 5.41) is 7.51. The molecule has 2 heterocycles. The van der Waals surface area contributed by atoms with Gasteiger partial charge in [0.05, 0.1) is 13.2 Å². The summed E-state index contributed by atoms with van der Waals surface area (Å²) in [5.41, 5.74) is 0.385. The van der Waals surface area contributed by atoms with Gasteiger partial charge in [0.2, 0.25) is 0 Å². The predicted octanol–water partition coefficient (Wildman–Crippen LogP) is 0.594. The summed E-state index contributed by atoms with van der Waals surface area (Å²) in [6.07, 6.45) is 3.97. The molecule has 5 nitrogen and oxygen atoms in total. The van der Waals surface area contributed by atoms with Crippen LogP contribution in [-0.2, 0) is 4.74 Å². The van der Waals surface area contributed by atoms with Gasteiger partial charge in [-0.1, -0.05) is 0 Å². The number of hydrogen-bond donors (Lipinski definition) is 1. The molecule has 0 amide bonds. The molecule has 0 bridgehead atoms. The first-order valence-corrected chi connectivity index (χ1v) is 5.15. The average molecular weight is 209 g/mol. The van der Waals surface area contributed by atoms with Crippen LogP contribution in [0.25, 0.3) is 0 Å². The molecule has 1 N–H and O–H groups in total. The highest BCUT2D eigenvalue weighted by Crippen LogP contribution is 2.17. The largest absolute Gasteiger partial charge is 0.464 e. The third-order valence-corrected chi connectivity index (χ3v) is 2.69. The van der Waals surface area contributed by atoms with Gasteiger partial charge >= 0.3 is 5.97 Å². The van der Waals surface area contributed by atoms with Crippen LogP contribution in [0.15, 0.2) is 12.3 Å². The summed E-state index contributed by atoms with van der Waals surface area (Å²) >= 11 is 0. The van der Waals surface area contributed by atoms with Gasteiger partial charge in [-0.25, -0.2) is 4.79 Å². The van der Waals surface area contributed by atoms with E-state index in [1.165, 1.54) is 7.11 Å². The number of rotatable bonds is 2. The Bertz CT molecular complexity index is 342. The van der Waals surface area contributed by atoms with Crippen LogP contribution < -0.4 is 5.32 Å². The minimum Gasteiger partial charge on any atom is -0.464 e. The van der Waals surface area contributed by atoms with Gasteiger partial charge in [0, 0.05) is 6.20 Å². The number of aromatic nitrogens is 2. The van der Waals surface area contributed by atoms with E-state index in [0.29, 0.717) is 11.7 Å². The van der Waals surface area contributed by atoms with Gasteiger partial charge < -0.3 is 10.1 Å². The number of nitrogens with one attached hydrogen (secondary N) is 1. The Kier molecular flexibility index (Phi) is 3.01. The van der Waals surface area contributed by atoms with Crippen LogP contribution in [0.1, 0.15) is 29.4 Å². The molecule has 2 rings (SSSR count). The molecule has 1 aliphatic heterocycles. The Labute approximate surface area is 88.4 Å². The normalized spacial score (nSPS) is 17.7. The van der Waals surface area contributed by atoms with Crippen molar-refractivity contribution in [2.24, 2.45) is 0 Å². The molecule has 1 aromatic rings. The van der Waals surface area contributed by atoms with Crippen molar-refractivity contribution in [3.8, 4) is 0 Å². The van der Waals surface area contributed by atoms with Gasteiger partial charge in [-0.05, 0) is 32.0 Å². The Hall–Kier alpha value is -1.36. The molecule has 1 aliphatic rings. The molecular formula is C10H15N3O2. The molecule has 1 saturated heterocycles. The van der Waals surface area contributed by atoms with Crippen LogP contribution >= 0.6 is 0 Å². The van der Waals surface area contributed by atoms with Gasteiger partial charge in [0.25, 0.3) is 0 Å². The molecule has 1 aromatic heterocycles. The van der Waals surface area contributed by atoms with E-state index in [4.69, 9.17) is 0 Å². The van der Waals surface area contributed by atoms with Crippen molar-refractivity contribution in [2.75, 3.05) is 20.2 Å². The van der Waals surface area contributed by atoms with Crippen molar-refractivity contribution >= 4 is 5.97 Å². The number of esters is 1. The van der Waals surface area contributed by atoms with Crippen LogP contribution in [0.2, 0.25) is 0 Å². The topological polar surface area (TPSA) is 56.1 Å². The average Bonchev–Trinajstić information content (AvgIpc) is 2.78. The maximum atomic E-state index is 11.2. The Balaban J connectivity index is 2.08. The van der Waals surface area contributed by atoms with E-state index in [2.05, 4.69) is 15.2 Å². The van der Waals surface area contributed by atoms with E-state index in [1.807, 2.05) is 10.9 Å². The monoisotopic (exact) mass is 209 g/mol. The van der Waals surface area contributed by atoms with Crippen molar-refractivity contribution in [3.63, 3.8) is 0 Å². The summed E-state index contributed by atoms with van der Waals surface area (Å²) in [7, 11) is 1.37. The Morgan fingerprint density at radius 1 is 1.60 bits per heavy atom. The zero-order valence-corrected chi connectivity index (χ0v) is 8.77. The summed E-state index contributed by atoms with van der Waals surface area (Å²) in [5.74, 6) is -0.373. The SMILES string of the molecule is COC(=O)c1ccn(C2CCNCC2)n1. The molecule has 0 radical (unpaired) electrons. The zero-order valence-electron chi connectivity index (χ0n) is 8.77. The van der Waals surface area contributed by atoms with Crippen LogP contribution in [0, 0.1) is 0 Å². The molecule has 0 aliphatic carbocycles. The highest BCUT2D eigenvalue weighted by Gasteiger charge is 2.17. The summed E-state index contributed by atoms with van der Waals surface area (Å²) in [6, 6.07) is 2.11. The first-order valence-electron chi connectivity index (χ1n) is 5.15. The molecule has 0 saturated carbocycles. The van der Waals surface area contributed by atoms with E-state index < -0.39 is 0 Å². The number of piperidine rings is 1. The number of nitrogens with zero attached hydrogens (tertiary/aromatic N) is 2. The lowest BCUT2D eigenvalue weighted by Gasteiger charge is -2.22. The van der Waals surface area contributed by atoms with Crippen molar-refractivity contribution < 1.29 is 9.53 Å². The Morgan fingerprint density at radius 2 is 2.33 bits per heavy atom. The van der Waals surface area contributed by atoms with Gasteiger partial charge in [-0.2, -0.15) is 5.10 Å². The molecule has 0 aromatic carbocycles. The first kappa shape index (κ1) is 10.2. The maximum Gasteiger partial charge on any atom is 0.358 e. The van der Waals surface area contributed by atoms with Crippen molar-refractivity contribution in [1.29, 1.82) is 0 Å². The minimum atomic E-state index is -0.373. The molecule has 5 heteroatoms. The third-order valence-electron chi connectivity index (χ3n) is 2.69. The molecule has 0 unspecified atom stereocenters. The van der Waals surface area contributed by atoms with Crippen LogP contribution in [0.4, 0.5) is 0 Å². The molecule has 1 fully saturated rings. The van der Waals surface area contributed by atoms with Crippen LogP contribution in [-0.4, -0.2) is 35.9 Å². The second-order valence-corrected chi connectivity index (χ2v) is 3.65. The third kappa shape index (κ3) is 2.18. The molecule has 15 heavy (non-hydrogen) atoms. The smallest absolute Gasteiger partial charge is 0.358 e. The summed E-state index contributed by atoms with van der Waals surface area (Å²) in [6.45, 7) is 2.02. The lowest BCUT2D eigenvalue weighted by molar-refractivity contribution is 0.0592. The van der Waals surface area contributed by atoms with Crippen molar-refractivity contribution in [1.82, 2.24) is 15.1 Å². The molecular weight excluding hydrogens is 194 g/mol. The van der Waals surface area contributed by atoms with E-state index >= 15 is 0 Å². The minimum absolute atomic E-state index is 0.373. The van der Waals surface area contributed by atoms with Crippen molar-refractivity contribution in [3.05, 3.63) is 18.0 Å². The first-order chi connectivity index (χ1) is 7.31. The van der Waals surface area contributed by atoms with Crippen molar-refractivity contribution in [2.45, 2.75) is 18.9 Å². The highest BCUT2D eigenvalue weighted by molar-refractivity contribution is 5.86. The fourth-order valence-corrected chi connectivity index (χ4v) is 1.83. The van der Waals surface area contributed by atoms with Crippen LogP contribution in [0.3, 0.4) is 0 Å². The summed E-state index contributed by atoms with van der Waals surface area (Å²) < 4.78 is 6.48. The van der Waals surface area contributed by atoms with Crippen LogP contribution in [0.5, 0.6) is 0 Å². The second kappa shape index (κ2) is 4.44. The van der Waals surface area contributed by atoms with Gasteiger partial charge in [0.1, 0.15) is 0 Å². The molecule has 0 spiro atoms. The number of carbonyl (C=O) groups is 1. The van der Waals surface area contributed by atoms with E-state index in [0.717, 1.165) is 25.9 Å². The van der Waals surface area contributed by atoms with E-state index in [1.54, 1.807) is 6.07 Å². The fourth-order valence-electron chi connectivity index (χ4n) is 1.83. The number of carbonyl (C=O) groups excluding carboxylic acids is 1. The van der Waals surface area contributed by atoms with Gasteiger partial charge in [-0.15, -0.1) is 0 Å². The fraction of sp³-hybridized carbons (Fsp3) is 0.600. The van der Waals surface area contributed by atoms with E-state index in [-0.39, 0.29) is 5.97 Å². The number of methoxy groups -OCH3 is 1. The Morgan fingerprint density at radius 3 is 3.00 bits per heavy atom. The second-order valence-electron chi connectivity index (χ2n) is 3.65. The van der Waals surface area contributed by atoms with E-state index in [9.17, 15) is 4.79 Å². The quantitative estimate of drug-likeness (QED) is 0.724. The van der Waals surface area contributed by atoms with Gasteiger partial charge in [0.15, 0.2) is 5.69 Å². The highest BCUT2D eigenvalue weighted by atomic mass is 16.5. The summed E-state index contributed by atoms with van der Waals surface area (Å²) in [4.78, 5) is 11.2. The zero-order chi connectivity index (χ0) is 10.7. The lowest BCUT2D eigenvalue weighted by Crippen LogP contribution is -2.29. The molecule has 0 atom stereocenters.